The lowest BCUT2D eigenvalue weighted by molar-refractivity contribution is -0.132. The molecule has 320 valence electrons. The highest BCUT2D eigenvalue weighted by molar-refractivity contribution is 7.09. The number of thiophene rings is 1. The van der Waals surface area contributed by atoms with Gasteiger partial charge in [-0.05, 0) is 82.6 Å². The van der Waals surface area contributed by atoms with Gasteiger partial charge in [0.25, 0.3) is 6.01 Å². The molecule has 0 aliphatic rings. The van der Waals surface area contributed by atoms with E-state index in [9.17, 15) is 24.6 Å². The van der Waals surface area contributed by atoms with Crippen LogP contribution < -0.4 is 4.74 Å². The first-order valence-corrected chi connectivity index (χ1v) is 21.1. The first-order chi connectivity index (χ1) is 30.6. The molecule has 0 spiro atoms. The van der Waals surface area contributed by atoms with E-state index in [0.717, 1.165) is 63.5 Å². The number of aryl methyl sites for hydroxylation is 1. The van der Waals surface area contributed by atoms with E-state index in [2.05, 4.69) is 37.5 Å². The second-order valence-electron chi connectivity index (χ2n) is 14.4. The van der Waals surface area contributed by atoms with E-state index in [0.29, 0.717) is 54.6 Å². The Labute approximate surface area is 366 Å². The minimum absolute atomic E-state index is 0.191. The number of nitrogens with one attached hydrogen (secondary N) is 1. The number of benzene rings is 4. The number of tetrazole rings is 1. The maximum absolute atomic E-state index is 11.8. The van der Waals surface area contributed by atoms with Crippen LogP contribution in [0.4, 0.5) is 0 Å². The van der Waals surface area contributed by atoms with Gasteiger partial charge in [0, 0.05) is 35.4 Å². The minimum atomic E-state index is -1.00. The highest BCUT2D eigenvalue weighted by atomic mass is 32.1. The number of H-pyrrole nitrogens is 1. The van der Waals surface area contributed by atoms with E-state index in [1.165, 1.54) is 11.3 Å². The first kappa shape index (κ1) is 43.4. The molecule has 4 aromatic heterocycles. The topological polar surface area (TPSA) is 211 Å². The van der Waals surface area contributed by atoms with Crippen molar-refractivity contribution in [2.75, 3.05) is 6.61 Å². The second kappa shape index (κ2) is 20.2. The van der Waals surface area contributed by atoms with Crippen molar-refractivity contribution >= 4 is 46.4 Å². The molecule has 0 bridgehead atoms. The van der Waals surface area contributed by atoms with E-state index < -0.39 is 17.9 Å². The molecule has 8 rings (SSSR count). The number of aromatic carboxylic acids is 2. The number of aliphatic carboxylic acids is 1. The zero-order valence-corrected chi connectivity index (χ0v) is 35.3. The van der Waals surface area contributed by atoms with E-state index in [4.69, 9.17) is 9.84 Å². The number of imidazole rings is 2. The number of aromatic nitrogens is 8. The lowest BCUT2D eigenvalue weighted by Crippen LogP contribution is -2.09. The Hall–Kier alpha value is -7.72. The third kappa shape index (κ3) is 10.4. The van der Waals surface area contributed by atoms with Crippen molar-refractivity contribution in [1.82, 2.24) is 39.7 Å². The summed E-state index contributed by atoms with van der Waals surface area (Å²) < 4.78 is 9.54. The monoisotopic (exact) mass is 864 g/mol. The molecule has 4 heterocycles. The summed E-state index contributed by atoms with van der Waals surface area (Å²) in [5.74, 6) is -1.49. The molecule has 0 unspecified atom stereocenters. The van der Waals surface area contributed by atoms with Crippen LogP contribution in [0.3, 0.4) is 0 Å². The Bertz CT molecular complexity index is 2850. The molecule has 0 radical (unpaired) electrons. The predicted octanol–water partition coefficient (Wildman–Crippen LogP) is 8.77. The summed E-state index contributed by atoms with van der Waals surface area (Å²) in [7, 11) is 0. The Kier molecular flexibility index (Phi) is 13.9. The molecule has 0 aliphatic carbocycles. The van der Waals surface area contributed by atoms with E-state index in [1.54, 1.807) is 54.7 Å². The largest absolute Gasteiger partial charge is 0.478 e. The zero-order valence-electron chi connectivity index (χ0n) is 34.5. The van der Waals surface area contributed by atoms with Crippen molar-refractivity contribution in [3.05, 3.63) is 159 Å². The highest BCUT2D eigenvalue weighted by Gasteiger charge is 2.20. The smallest absolute Gasteiger partial charge is 0.337 e. The summed E-state index contributed by atoms with van der Waals surface area (Å²) in [5.41, 5.74) is 7.38. The molecule has 4 aromatic carbocycles. The van der Waals surface area contributed by atoms with Crippen LogP contribution in [0, 0.1) is 0 Å². The van der Waals surface area contributed by atoms with Gasteiger partial charge in [0.15, 0.2) is 0 Å². The Morgan fingerprint density at radius 2 is 1.54 bits per heavy atom. The normalized spacial score (nSPS) is 11.3. The molecule has 8 aromatic rings. The number of carboxylic acids is 3. The third-order valence-corrected chi connectivity index (χ3v) is 11.0. The molecule has 16 heteroatoms. The predicted molar refractivity (Wildman–Crippen MR) is 239 cm³/mol. The van der Waals surface area contributed by atoms with Gasteiger partial charge in [0.1, 0.15) is 5.82 Å². The average Bonchev–Trinajstić information content (AvgIpc) is 4.13. The van der Waals surface area contributed by atoms with Gasteiger partial charge < -0.3 is 24.6 Å². The van der Waals surface area contributed by atoms with Crippen LogP contribution in [-0.4, -0.2) is 79.6 Å². The molecule has 0 aliphatic heterocycles. The fraction of sp³-hybridized carbons (Fsp3) is 0.191. The minimum Gasteiger partial charge on any atom is -0.478 e. The van der Waals surface area contributed by atoms with Crippen LogP contribution in [0.25, 0.3) is 39.6 Å². The zero-order chi connectivity index (χ0) is 44.3. The average molecular weight is 865 g/mol. The van der Waals surface area contributed by atoms with Crippen molar-refractivity contribution in [3.63, 3.8) is 0 Å². The number of para-hydroxylation sites is 1. The van der Waals surface area contributed by atoms with Crippen LogP contribution >= 0.6 is 11.3 Å². The van der Waals surface area contributed by atoms with Crippen LogP contribution in [0.15, 0.2) is 120 Å². The van der Waals surface area contributed by atoms with Gasteiger partial charge in [-0.2, -0.15) is 10.2 Å². The molecule has 63 heavy (non-hydrogen) atoms. The van der Waals surface area contributed by atoms with Crippen molar-refractivity contribution in [2.24, 2.45) is 0 Å². The molecule has 0 amide bonds. The SMILES string of the molecule is CCCCc1ncc(/C=C(\Cc2cccs2)C(=O)O)n1Cc1ccc(C(=O)O)cc1.CCOc1nc2cccc(C(=O)O)c2n1Cc1ccc(-c2ccccc2-c2nn[nH]n2)cc1. The summed E-state index contributed by atoms with van der Waals surface area (Å²) in [5, 5.41) is 44.8. The maximum Gasteiger partial charge on any atom is 0.337 e. The summed E-state index contributed by atoms with van der Waals surface area (Å²) in [4.78, 5) is 44.8. The van der Waals surface area contributed by atoms with Gasteiger partial charge >= 0.3 is 17.9 Å². The Morgan fingerprint density at radius 3 is 2.17 bits per heavy atom. The summed E-state index contributed by atoms with van der Waals surface area (Å²) in [6.45, 7) is 5.33. The third-order valence-electron chi connectivity index (χ3n) is 10.2. The van der Waals surface area contributed by atoms with Crippen molar-refractivity contribution in [1.29, 1.82) is 0 Å². The number of carbonyl (C=O) groups is 3. The lowest BCUT2D eigenvalue weighted by Gasteiger charge is -2.12. The number of aromatic amines is 1. The van der Waals surface area contributed by atoms with Gasteiger partial charge in [-0.25, -0.2) is 19.4 Å². The molecule has 0 atom stereocenters. The standard InChI is InChI=1S/C24H20N6O3.C23H24N2O4S/c1-2-33-24-25-20-9-5-8-19(23(31)32)21(20)30(24)14-15-10-12-16(13-11-15)17-6-3-4-7-18(17)22-26-28-29-27-22;1-2-3-6-21-24-14-19(12-18(23(28)29)13-20-5-4-11-30-20)25(21)15-16-7-9-17(10-8-16)22(26)27/h3-13H,2,14H2,1H3,(H,31,32)(H,26,27,28,29);4-5,7-12,14H,2-3,6,13,15H2,1H3,(H,26,27)(H,28,29)/b;18-12+. The number of rotatable bonds is 17. The number of fused-ring (bicyclic) bond motifs is 1. The van der Waals surface area contributed by atoms with Crippen LogP contribution in [-0.2, 0) is 30.7 Å². The molecule has 15 nitrogen and oxygen atoms in total. The lowest BCUT2D eigenvalue weighted by atomic mass is 9.98. The Balaban J connectivity index is 0.000000190. The summed E-state index contributed by atoms with van der Waals surface area (Å²) >= 11 is 1.53. The first-order valence-electron chi connectivity index (χ1n) is 20.2. The van der Waals surface area contributed by atoms with Crippen molar-refractivity contribution in [2.45, 2.75) is 52.6 Å². The number of nitrogens with zero attached hydrogens (tertiary/aromatic N) is 7. The number of hydrogen-bond acceptors (Lipinski definition) is 10. The number of carboxylic acid groups (broad SMARTS) is 3. The molecule has 4 N–H and O–H groups in total. The van der Waals surface area contributed by atoms with Crippen LogP contribution in [0.2, 0.25) is 0 Å². The van der Waals surface area contributed by atoms with Crippen LogP contribution in [0.5, 0.6) is 6.01 Å². The molecule has 0 saturated heterocycles. The fourth-order valence-corrected chi connectivity index (χ4v) is 7.79. The summed E-state index contributed by atoms with van der Waals surface area (Å²) in [6.07, 6.45) is 6.58. The quantitative estimate of drug-likeness (QED) is 0.0633. The van der Waals surface area contributed by atoms with Crippen molar-refractivity contribution in [3.8, 4) is 28.5 Å². The molecule has 0 saturated carbocycles. The number of ether oxygens (including phenoxy) is 1. The van der Waals surface area contributed by atoms with Gasteiger partial charge in [-0.15, -0.1) is 21.5 Å². The van der Waals surface area contributed by atoms with Gasteiger partial charge in [0.2, 0.25) is 5.82 Å². The number of hydrogen-bond donors (Lipinski definition) is 4. The summed E-state index contributed by atoms with van der Waals surface area (Å²) in [6, 6.07) is 31.9. The highest BCUT2D eigenvalue weighted by Crippen LogP contribution is 2.31. The molecular weight excluding hydrogens is 821 g/mol. The van der Waals surface area contributed by atoms with Crippen LogP contribution in [0.1, 0.15) is 74.9 Å². The molecular formula is C47H44N8O7S. The number of unbranched alkanes of at least 4 members (excludes halogenated alkanes) is 1. The van der Waals surface area contributed by atoms with E-state index >= 15 is 0 Å². The van der Waals surface area contributed by atoms with Gasteiger partial charge in [-0.3, -0.25) is 4.57 Å². The van der Waals surface area contributed by atoms with E-state index in [1.807, 2.05) is 82.1 Å². The Morgan fingerprint density at radius 1 is 0.810 bits per heavy atom. The van der Waals surface area contributed by atoms with Gasteiger partial charge in [0.05, 0.1) is 47.2 Å². The van der Waals surface area contributed by atoms with E-state index in [-0.39, 0.29) is 11.1 Å². The molecule has 0 fully saturated rings. The second-order valence-corrected chi connectivity index (χ2v) is 15.4. The maximum atomic E-state index is 11.8. The van der Waals surface area contributed by atoms with Crippen molar-refractivity contribution < 1.29 is 34.4 Å². The van der Waals surface area contributed by atoms with Gasteiger partial charge in [-0.1, -0.05) is 86.1 Å². The fourth-order valence-electron chi connectivity index (χ4n) is 7.07.